The molecule has 0 aromatic heterocycles. The largest absolute Gasteiger partial charge is 0.370 e. The third-order valence-electron chi connectivity index (χ3n) is 5.53. The lowest BCUT2D eigenvalue weighted by Gasteiger charge is -2.28. The maximum Gasteiger partial charge on any atom is 0.244 e. The number of halogens is 1. The standard InChI is InChI=1S/C22H26N4O.HI/c23-22(25-20-11-5-9-17-7-3-4-10-19(17)20)24-14-21(27)26-13-12-16-6-1-2-8-18(16)15-26;/h1-2,5-6,8-9,11H,3-4,7,10,12-15H2,(H3,23,24,25);1H. The Bertz CT molecular complexity index is 881. The first-order chi connectivity index (χ1) is 13.2. The van der Waals surface area contributed by atoms with E-state index in [4.69, 9.17) is 5.73 Å². The predicted octanol–water partition coefficient (Wildman–Crippen LogP) is 3.49. The molecule has 0 spiro atoms. The van der Waals surface area contributed by atoms with E-state index in [-0.39, 0.29) is 36.4 Å². The summed E-state index contributed by atoms with van der Waals surface area (Å²) < 4.78 is 0. The van der Waals surface area contributed by atoms with E-state index in [9.17, 15) is 4.79 Å². The molecule has 1 heterocycles. The van der Waals surface area contributed by atoms with Crippen molar-refractivity contribution in [2.45, 2.75) is 38.6 Å². The summed E-state index contributed by atoms with van der Waals surface area (Å²) in [5, 5.41) is 3.20. The van der Waals surface area contributed by atoms with Crippen LogP contribution in [0.15, 0.2) is 47.5 Å². The zero-order chi connectivity index (χ0) is 18.6. The van der Waals surface area contributed by atoms with Crippen LogP contribution < -0.4 is 11.1 Å². The van der Waals surface area contributed by atoms with Crippen LogP contribution in [0.4, 0.5) is 5.69 Å². The van der Waals surface area contributed by atoms with Crippen molar-refractivity contribution in [1.82, 2.24) is 4.90 Å². The van der Waals surface area contributed by atoms with Crippen LogP contribution in [0.25, 0.3) is 0 Å². The number of benzene rings is 2. The Hall–Kier alpha value is -2.09. The van der Waals surface area contributed by atoms with Crippen LogP contribution in [0.2, 0.25) is 0 Å². The fraction of sp³-hybridized carbons (Fsp3) is 0.364. The number of rotatable bonds is 3. The summed E-state index contributed by atoms with van der Waals surface area (Å²) in [6, 6.07) is 14.6. The summed E-state index contributed by atoms with van der Waals surface area (Å²) in [7, 11) is 0. The van der Waals surface area contributed by atoms with Gasteiger partial charge >= 0.3 is 0 Å². The van der Waals surface area contributed by atoms with E-state index >= 15 is 0 Å². The molecule has 2 aliphatic rings. The van der Waals surface area contributed by atoms with Crippen LogP contribution >= 0.6 is 24.0 Å². The van der Waals surface area contributed by atoms with Crippen LogP contribution in [0, 0.1) is 0 Å². The number of nitrogens with zero attached hydrogens (tertiary/aromatic N) is 2. The zero-order valence-electron chi connectivity index (χ0n) is 16.0. The molecule has 1 aliphatic carbocycles. The molecule has 3 N–H and O–H groups in total. The number of hydrogen-bond donors (Lipinski definition) is 2. The minimum atomic E-state index is 0. The van der Waals surface area contributed by atoms with Gasteiger partial charge < -0.3 is 16.0 Å². The lowest BCUT2D eigenvalue weighted by atomic mass is 9.90. The van der Waals surface area contributed by atoms with Crippen molar-refractivity contribution in [3.05, 3.63) is 64.7 Å². The maximum absolute atomic E-state index is 12.5. The zero-order valence-corrected chi connectivity index (χ0v) is 18.3. The smallest absolute Gasteiger partial charge is 0.244 e. The van der Waals surface area contributed by atoms with Crippen molar-refractivity contribution in [3.8, 4) is 0 Å². The quantitative estimate of drug-likeness (QED) is 0.393. The predicted molar refractivity (Wildman–Crippen MR) is 124 cm³/mol. The number of nitrogens with one attached hydrogen (secondary N) is 1. The number of amides is 1. The van der Waals surface area contributed by atoms with Crippen LogP contribution in [0.3, 0.4) is 0 Å². The minimum absolute atomic E-state index is 0. The highest BCUT2D eigenvalue weighted by Crippen LogP contribution is 2.27. The fourth-order valence-corrected chi connectivity index (χ4v) is 4.04. The first-order valence-corrected chi connectivity index (χ1v) is 9.73. The molecule has 1 aliphatic heterocycles. The number of aliphatic imine (C=N–C) groups is 1. The van der Waals surface area contributed by atoms with Crippen molar-refractivity contribution in [1.29, 1.82) is 0 Å². The van der Waals surface area contributed by atoms with Gasteiger partial charge in [-0.05, 0) is 60.4 Å². The lowest BCUT2D eigenvalue weighted by molar-refractivity contribution is -0.130. The second-order valence-corrected chi connectivity index (χ2v) is 7.31. The second-order valence-electron chi connectivity index (χ2n) is 7.31. The Morgan fingerprint density at radius 2 is 1.75 bits per heavy atom. The number of anilines is 1. The average Bonchev–Trinajstić information content (AvgIpc) is 2.72. The number of carbonyl (C=O) groups is 1. The molecule has 148 valence electrons. The van der Waals surface area contributed by atoms with Crippen LogP contribution in [0.1, 0.15) is 35.1 Å². The minimum Gasteiger partial charge on any atom is -0.370 e. The highest BCUT2D eigenvalue weighted by molar-refractivity contribution is 14.0. The number of fused-ring (bicyclic) bond motifs is 2. The van der Waals surface area contributed by atoms with Gasteiger partial charge in [0.25, 0.3) is 0 Å². The van der Waals surface area contributed by atoms with Crippen molar-refractivity contribution in [2.24, 2.45) is 10.7 Å². The summed E-state index contributed by atoms with van der Waals surface area (Å²) in [4.78, 5) is 18.7. The number of hydrogen-bond acceptors (Lipinski definition) is 2. The highest BCUT2D eigenvalue weighted by atomic mass is 127. The van der Waals surface area contributed by atoms with Gasteiger partial charge in [0.15, 0.2) is 5.96 Å². The average molecular weight is 490 g/mol. The number of guanidine groups is 1. The summed E-state index contributed by atoms with van der Waals surface area (Å²) in [6.45, 7) is 1.48. The molecule has 0 radical (unpaired) electrons. The normalized spacial score (nSPS) is 15.9. The Morgan fingerprint density at radius 1 is 1.00 bits per heavy atom. The molecular formula is C22H27IN4O. The third-order valence-corrected chi connectivity index (χ3v) is 5.53. The van der Waals surface area contributed by atoms with E-state index in [0.29, 0.717) is 12.5 Å². The monoisotopic (exact) mass is 490 g/mol. The molecule has 1 amide bonds. The Balaban J connectivity index is 0.00000225. The molecule has 28 heavy (non-hydrogen) atoms. The SMILES string of the molecule is I.NC(=NCC(=O)N1CCc2ccccc2C1)Nc1cccc2c1CCCC2. The number of carbonyl (C=O) groups excluding carboxylic acids is 1. The molecule has 0 unspecified atom stereocenters. The molecule has 2 aromatic rings. The molecule has 4 rings (SSSR count). The van der Waals surface area contributed by atoms with Crippen molar-refractivity contribution < 1.29 is 4.79 Å². The first-order valence-electron chi connectivity index (χ1n) is 9.73. The molecule has 6 heteroatoms. The van der Waals surface area contributed by atoms with Crippen molar-refractivity contribution in [3.63, 3.8) is 0 Å². The van der Waals surface area contributed by atoms with Gasteiger partial charge in [0.1, 0.15) is 6.54 Å². The van der Waals surface area contributed by atoms with E-state index in [2.05, 4.69) is 40.6 Å². The van der Waals surface area contributed by atoms with Gasteiger partial charge in [0.05, 0.1) is 0 Å². The van der Waals surface area contributed by atoms with Gasteiger partial charge in [-0.15, -0.1) is 24.0 Å². The van der Waals surface area contributed by atoms with Gasteiger partial charge in [0.2, 0.25) is 5.91 Å². The Kier molecular flexibility index (Phi) is 6.93. The maximum atomic E-state index is 12.5. The van der Waals surface area contributed by atoms with Crippen LogP contribution in [0.5, 0.6) is 0 Å². The van der Waals surface area contributed by atoms with Gasteiger partial charge in [-0.3, -0.25) is 4.79 Å². The van der Waals surface area contributed by atoms with Crippen molar-refractivity contribution in [2.75, 3.05) is 18.4 Å². The lowest BCUT2D eigenvalue weighted by Crippen LogP contribution is -2.38. The molecule has 0 bridgehead atoms. The van der Waals surface area contributed by atoms with Gasteiger partial charge in [0, 0.05) is 18.8 Å². The first kappa shape index (κ1) is 20.6. The van der Waals surface area contributed by atoms with E-state index in [1.165, 1.54) is 35.1 Å². The van der Waals surface area contributed by atoms with Crippen LogP contribution in [-0.2, 0) is 30.6 Å². The fourth-order valence-electron chi connectivity index (χ4n) is 4.04. The summed E-state index contributed by atoms with van der Waals surface area (Å²) >= 11 is 0. The molecule has 0 atom stereocenters. The van der Waals surface area contributed by atoms with E-state index in [1.54, 1.807) is 0 Å². The Labute approximate surface area is 183 Å². The molecule has 5 nitrogen and oxygen atoms in total. The summed E-state index contributed by atoms with van der Waals surface area (Å²) in [5.74, 6) is 0.323. The number of aryl methyl sites for hydroxylation is 1. The summed E-state index contributed by atoms with van der Waals surface area (Å²) in [6.07, 6.45) is 5.54. The second kappa shape index (κ2) is 9.41. The van der Waals surface area contributed by atoms with Crippen LogP contribution in [-0.4, -0.2) is 29.9 Å². The molecule has 0 saturated heterocycles. The molecule has 2 aromatic carbocycles. The molecule has 0 fully saturated rings. The molecular weight excluding hydrogens is 463 g/mol. The topological polar surface area (TPSA) is 70.7 Å². The van der Waals surface area contributed by atoms with Gasteiger partial charge in [-0.1, -0.05) is 36.4 Å². The number of nitrogens with two attached hydrogens (primary N) is 1. The molecule has 0 saturated carbocycles. The van der Waals surface area contributed by atoms with E-state index < -0.39 is 0 Å². The Morgan fingerprint density at radius 3 is 2.61 bits per heavy atom. The van der Waals surface area contributed by atoms with Gasteiger partial charge in [-0.25, -0.2) is 4.99 Å². The van der Waals surface area contributed by atoms with Crippen molar-refractivity contribution >= 4 is 41.5 Å². The van der Waals surface area contributed by atoms with Gasteiger partial charge in [-0.2, -0.15) is 0 Å². The van der Waals surface area contributed by atoms with E-state index in [0.717, 1.165) is 31.5 Å². The highest BCUT2D eigenvalue weighted by Gasteiger charge is 2.20. The summed E-state index contributed by atoms with van der Waals surface area (Å²) in [5.41, 5.74) is 12.4. The van der Waals surface area contributed by atoms with E-state index in [1.807, 2.05) is 17.0 Å². The third kappa shape index (κ3) is 4.66.